The molecule has 0 atom stereocenters. The minimum Gasteiger partial charge on any atom is -0.356 e. The second kappa shape index (κ2) is 5.75. The van der Waals surface area contributed by atoms with Gasteiger partial charge in [-0.15, -0.1) is 0 Å². The number of anilines is 2. The van der Waals surface area contributed by atoms with E-state index in [0.29, 0.717) is 11.0 Å². The van der Waals surface area contributed by atoms with Crippen LogP contribution in [0.25, 0.3) is 0 Å². The molecule has 0 aliphatic rings. The molecule has 1 aromatic heterocycles. The lowest BCUT2D eigenvalue weighted by Crippen LogP contribution is -2.24. The van der Waals surface area contributed by atoms with E-state index < -0.39 is 0 Å². The molecule has 0 bridgehead atoms. The van der Waals surface area contributed by atoms with E-state index in [1.165, 1.54) is 0 Å². The summed E-state index contributed by atoms with van der Waals surface area (Å²) in [6.45, 7) is 8.75. The lowest BCUT2D eigenvalue weighted by Gasteiger charge is -2.21. The zero-order valence-electron chi connectivity index (χ0n) is 9.42. The van der Waals surface area contributed by atoms with Crippen molar-refractivity contribution >= 4 is 23.4 Å². The molecule has 4 nitrogen and oxygen atoms in total. The van der Waals surface area contributed by atoms with Gasteiger partial charge < -0.3 is 10.2 Å². The van der Waals surface area contributed by atoms with Gasteiger partial charge in [0.2, 0.25) is 5.95 Å². The van der Waals surface area contributed by atoms with Gasteiger partial charge in [0, 0.05) is 19.6 Å². The molecule has 0 fully saturated rings. The molecule has 0 aliphatic carbocycles. The Balaban J connectivity index is 2.98. The highest BCUT2D eigenvalue weighted by molar-refractivity contribution is 6.32. The molecule has 0 aliphatic heterocycles. The molecule has 1 rings (SSSR count). The zero-order chi connectivity index (χ0) is 11.3. The van der Waals surface area contributed by atoms with Crippen molar-refractivity contribution in [1.29, 1.82) is 0 Å². The smallest absolute Gasteiger partial charge is 0.224 e. The van der Waals surface area contributed by atoms with Crippen LogP contribution in [0.1, 0.15) is 20.8 Å². The summed E-state index contributed by atoms with van der Waals surface area (Å²) in [7, 11) is 0. The third-order valence-electron chi connectivity index (χ3n) is 2.12. The molecule has 5 heteroatoms. The van der Waals surface area contributed by atoms with Gasteiger partial charge in [-0.05, 0) is 20.8 Å². The van der Waals surface area contributed by atoms with E-state index in [4.69, 9.17) is 11.6 Å². The first-order chi connectivity index (χ1) is 7.22. The first kappa shape index (κ1) is 12.0. The number of hydrogen-bond acceptors (Lipinski definition) is 4. The maximum absolute atomic E-state index is 6.05. The van der Waals surface area contributed by atoms with Crippen LogP contribution in [0.3, 0.4) is 0 Å². The molecule has 0 saturated carbocycles. The summed E-state index contributed by atoms with van der Waals surface area (Å²) in [5.41, 5.74) is 0. The van der Waals surface area contributed by atoms with Crippen LogP contribution in [-0.2, 0) is 0 Å². The molecular weight excluding hydrogens is 212 g/mol. The van der Waals surface area contributed by atoms with Gasteiger partial charge in [-0.3, -0.25) is 0 Å². The van der Waals surface area contributed by atoms with Crippen molar-refractivity contribution in [3.8, 4) is 0 Å². The van der Waals surface area contributed by atoms with Gasteiger partial charge in [-0.2, -0.15) is 4.98 Å². The molecule has 1 aromatic rings. The second-order valence-electron chi connectivity index (χ2n) is 3.07. The summed E-state index contributed by atoms with van der Waals surface area (Å²) >= 11 is 6.05. The topological polar surface area (TPSA) is 41.1 Å². The number of nitrogens with one attached hydrogen (secondary N) is 1. The van der Waals surface area contributed by atoms with Crippen LogP contribution in [0, 0.1) is 0 Å². The van der Waals surface area contributed by atoms with Crippen LogP contribution >= 0.6 is 11.6 Å². The Morgan fingerprint density at radius 3 is 2.53 bits per heavy atom. The molecule has 0 spiro atoms. The van der Waals surface area contributed by atoms with Crippen LogP contribution in [0.15, 0.2) is 6.20 Å². The fourth-order valence-electron chi connectivity index (χ4n) is 1.35. The highest BCUT2D eigenvalue weighted by Gasteiger charge is 2.10. The van der Waals surface area contributed by atoms with E-state index in [2.05, 4.69) is 34.0 Å². The number of halogens is 1. The largest absolute Gasteiger partial charge is 0.356 e. The molecule has 0 unspecified atom stereocenters. The van der Waals surface area contributed by atoms with Crippen molar-refractivity contribution < 1.29 is 0 Å². The van der Waals surface area contributed by atoms with Gasteiger partial charge in [0.05, 0.1) is 6.20 Å². The van der Waals surface area contributed by atoms with Crippen molar-refractivity contribution in [3.05, 3.63) is 11.2 Å². The fourth-order valence-corrected chi connectivity index (χ4v) is 1.56. The Labute approximate surface area is 95.7 Å². The highest BCUT2D eigenvalue weighted by atomic mass is 35.5. The van der Waals surface area contributed by atoms with E-state index in [-0.39, 0.29) is 0 Å². The first-order valence-corrected chi connectivity index (χ1v) is 5.62. The zero-order valence-corrected chi connectivity index (χ0v) is 10.2. The summed E-state index contributed by atoms with van der Waals surface area (Å²) in [5.74, 6) is 1.43. The van der Waals surface area contributed by atoms with Crippen molar-refractivity contribution in [2.45, 2.75) is 20.8 Å². The van der Waals surface area contributed by atoms with E-state index in [9.17, 15) is 0 Å². The van der Waals surface area contributed by atoms with Gasteiger partial charge in [-0.25, -0.2) is 4.98 Å². The fraction of sp³-hybridized carbons (Fsp3) is 0.600. The van der Waals surface area contributed by atoms with Crippen LogP contribution in [0.5, 0.6) is 0 Å². The van der Waals surface area contributed by atoms with E-state index >= 15 is 0 Å². The molecule has 0 radical (unpaired) electrons. The predicted octanol–water partition coefficient (Wildman–Crippen LogP) is 2.41. The SMILES string of the molecule is CCNc1ncc(Cl)c(N(CC)CC)n1. The van der Waals surface area contributed by atoms with Crippen LogP contribution in [0.4, 0.5) is 11.8 Å². The van der Waals surface area contributed by atoms with E-state index in [0.717, 1.165) is 25.5 Å². The van der Waals surface area contributed by atoms with Gasteiger partial charge in [-0.1, -0.05) is 11.6 Å². The van der Waals surface area contributed by atoms with E-state index in [1.54, 1.807) is 6.20 Å². The van der Waals surface area contributed by atoms with E-state index in [1.807, 2.05) is 6.92 Å². The van der Waals surface area contributed by atoms with Crippen LogP contribution in [0.2, 0.25) is 5.02 Å². The summed E-state index contributed by atoms with van der Waals surface area (Å²) in [5, 5.41) is 3.67. The standard InChI is InChI=1S/C10H17ClN4/c1-4-12-10-13-7-8(11)9(14-10)15(5-2)6-3/h7H,4-6H2,1-3H3,(H,12,13,14). The normalized spacial score (nSPS) is 10.1. The van der Waals surface area contributed by atoms with Gasteiger partial charge in [0.25, 0.3) is 0 Å². The van der Waals surface area contributed by atoms with Gasteiger partial charge in [0.15, 0.2) is 5.82 Å². The maximum Gasteiger partial charge on any atom is 0.224 e. The predicted molar refractivity (Wildman–Crippen MR) is 64.8 cm³/mol. The van der Waals surface area contributed by atoms with Crippen molar-refractivity contribution in [2.75, 3.05) is 29.9 Å². The number of nitrogens with zero attached hydrogens (tertiary/aromatic N) is 3. The van der Waals surface area contributed by atoms with Crippen LogP contribution < -0.4 is 10.2 Å². The summed E-state index contributed by atoms with van der Waals surface area (Å²) in [6, 6.07) is 0. The molecule has 15 heavy (non-hydrogen) atoms. The van der Waals surface area contributed by atoms with Gasteiger partial charge in [0.1, 0.15) is 5.02 Å². The highest BCUT2D eigenvalue weighted by Crippen LogP contribution is 2.23. The minimum atomic E-state index is 0.598. The molecule has 0 aromatic carbocycles. The third kappa shape index (κ3) is 2.96. The maximum atomic E-state index is 6.05. The third-order valence-corrected chi connectivity index (χ3v) is 2.39. The Kier molecular flexibility index (Phi) is 4.62. The molecule has 1 heterocycles. The van der Waals surface area contributed by atoms with Crippen molar-refractivity contribution in [1.82, 2.24) is 9.97 Å². The Bertz CT molecular complexity index is 312. The second-order valence-corrected chi connectivity index (χ2v) is 3.47. The number of hydrogen-bond donors (Lipinski definition) is 1. The first-order valence-electron chi connectivity index (χ1n) is 5.24. The summed E-state index contributed by atoms with van der Waals surface area (Å²) in [4.78, 5) is 10.6. The summed E-state index contributed by atoms with van der Waals surface area (Å²) < 4.78 is 0. The average molecular weight is 229 g/mol. The average Bonchev–Trinajstić information content (AvgIpc) is 2.24. The Morgan fingerprint density at radius 2 is 2.00 bits per heavy atom. The quantitative estimate of drug-likeness (QED) is 0.841. The molecule has 1 N–H and O–H groups in total. The van der Waals surface area contributed by atoms with Crippen LogP contribution in [-0.4, -0.2) is 29.6 Å². The van der Waals surface area contributed by atoms with Gasteiger partial charge >= 0.3 is 0 Å². The van der Waals surface area contributed by atoms with Crippen molar-refractivity contribution in [2.24, 2.45) is 0 Å². The summed E-state index contributed by atoms with van der Waals surface area (Å²) in [6.07, 6.45) is 1.64. The number of rotatable bonds is 5. The lowest BCUT2D eigenvalue weighted by atomic mass is 10.4. The monoisotopic (exact) mass is 228 g/mol. The Hall–Kier alpha value is -1.03. The Morgan fingerprint density at radius 1 is 1.33 bits per heavy atom. The lowest BCUT2D eigenvalue weighted by molar-refractivity contribution is 0.841. The number of aromatic nitrogens is 2. The molecule has 84 valence electrons. The molecule has 0 saturated heterocycles. The molecular formula is C10H17ClN4. The van der Waals surface area contributed by atoms with Crippen molar-refractivity contribution in [3.63, 3.8) is 0 Å². The molecule has 0 amide bonds. The minimum absolute atomic E-state index is 0.598.